The van der Waals surface area contributed by atoms with Crippen molar-refractivity contribution in [3.8, 4) is 0 Å². The number of hydrogen-bond acceptors (Lipinski definition) is 4. The van der Waals surface area contributed by atoms with E-state index in [1.54, 1.807) is 6.20 Å². The van der Waals surface area contributed by atoms with Crippen LogP contribution in [-0.2, 0) is 9.53 Å². The Morgan fingerprint density at radius 2 is 2.16 bits per heavy atom. The van der Waals surface area contributed by atoms with Crippen molar-refractivity contribution in [3.63, 3.8) is 0 Å². The highest BCUT2D eigenvalue weighted by Gasteiger charge is 2.27. The van der Waals surface area contributed by atoms with Crippen LogP contribution in [0.5, 0.6) is 0 Å². The fourth-order valence-electron chi connectivity index (χ4n) is 2.35. The normalized spacial score (nSPS) is 22.9. The predicted octanol–water partition coefficient (Wildman–Crippen LogP) is 3.13. The van der Waals surface area contributed by atoms with Gasteiger partial charge in [0.1, 0.15) is 0 Å². The van der Waals surface area contributed by atoms with Gasteiger partial charge in [0.15, 0.2) is 11.6 Å². The third-order valence-corrected chi connectivity index (χ3v) is 3.84. The molecular weight excluding hydrogens is 315 g/mol. The highest BCUT2D eigenvalue weighted by molar-refractivity contribution is 9.10. The molecule has 104 valence electrons. The second-order valence-electron chi connectivity index (χ2n) is 4.70. The number of ether oxygens (including phenoxy) is 1. The molecule has 1 fully saturated rings. The SMILES string of the molecule is COC(=O)C1CCC(Nc2ncc(Br)cc2F)CC1. The fraction of sp³-hybridized carbons (Fsp3) is 0.538. The number of carbonyl (C=O) groups is 1. The molecule has 1 aliphatic rings. The Bertz CT molecular complexity index is 462. The molecule has 1 aromatic rings. The molecule has 0 aliphatic heterocycles. The number of anilines is 1. The van der Waals surface area contributed by atoms with Gasteiger partial charge in [-0.3, -0.25) is 4.79 Å². The maximum atomic E-state index is 13.6. The van der Waals surface area contributed by atoms with Crippen LogP contribution < -0.4 is 5.32 Å². The average molecular weight is 331 g/mol. The quantitative estimate of drug-likeness (QED) is 0.865. The first kappa shape index (κ1) is 14.2. The first-order valence-electron chi connectivity index (χ1n) is 6.25. The minimum atomic E-state index is -0.371. The lowest BCUT2D eigenvalue weighted by atomic mass is 9.86. The summed E-state index contributed by atoms with van der Waals surface area (Å²) in [7, 11) is 1.41. The van der Waals surface area contributed by atoms with Gasteiger partial charge in [-0.25, -0.2) is 9.37 Å². The zero-order chi connectivity index (χ0) is 13.8. The van der Waals surface area contributed by atoms with Crippen molar-refractivity contribution >= 4 is 27.7 Å². The Kier molecular flexibility index (Phi) is 4.74. The molecule has 1 saturated carbocycles. The van der Waals surface area contributed by atoms with Gasteiger partial charge in [0.25, 0.3) is 0 Å². The van der Waals surface area contributed by atoms with Crippen LogP contribution in [0.1, 0.15) is 25.7 Å². The molecule has 2 rings (SSSR count). The third-order valence-electron chi connectivity index (χ3n) is 3.41. The van der Waals surface area contributed by atoms with Crippen LogP contribution in [-0.4, -0.2) is 24.1 Å². The van der Waals surface area contributed by atoms with Crippen molar-refractivity contribution in [2.24, 2.45) is 5.92 Å². The van der Waals surface area contributed by atoms with Crippen molar-refractivity contribution in [1.29, 1.82) is 0 Å². The minimum absolute atomic E-state index is 0.0224. The number of nitrogens with zero attached hydrogens (tertiary/aromatic N) is 1. The molecule has 1 aliphatic carbocycles. The molecule has 0 unspecified atom stereocenters. The van der Waals surface area contributed by atoms with E-state index in [4.69, 9.17) is 4.74 Å². The van der Waals surface area contributed by atoms with Gasteiger partial charge in [-0.15, -0.1) is 0 Å². The van der Waals surface area contributed by atoms with Crippen molar-refractivity contribution in [1.82, 2.24) is 4.98 Å². The Morgan fingerprint density at radius 3 is 2.74 bits per heavy atom. The van der Waals surface area contributed by atoms with Gasteiger partial charge >= 0.3 is 5.97 Å². The average Bonchev–Trinajstić information content (AvgIpc) is 2.42. The van der Waals surface area contributed by atoms with E-state index in [1.807, 2.05) is 0 Å². The standard InChI is InChI=1S/C13H16BrFN2O2/c1-19-13(18)8-2-4-10(5-3-8)17-12-11(15)6-9(14)7-16-12/h6-8,10H,2-5H2,1H3,(H,16,17). The van der Waals surface area contributed by atoms with Crippen molar-refractivity contribution in [3.05, 3.63) is 22.6 Å². The zero-order valence-electron chi connectivity index (χ0n) is 10.7. The molecule has 0 spiro atoms. The van der Waals surface area contributed by atoms with Gasteiger partial charge in [-0.05, 0) is 47.7 Å². The summed E-state index contributed by atoms with van der Waals surface area (Å²) in [6, 6.07) is 1.54. The van der Waals surface area contributed by atoms with Crippen LogP contribution in [0.4, 0.5) is 10.2 Å². The smallest absolute Gasteiger partial charge is 0.308 e. The summed E-state index contributed by atoms with van der Waals surface area (Å²) in [6.07, 6.45) is 4.73. The summed E-state index contributed by atoms with van der Waals surface area (Å²) >= 11 is 3.17. The number of esters is 1. The number of nitrogens with one attached hydrogen (secondary N) is 1. The van der Waals surface area contributed by atoms with Crippen LogP contribution in [0.25, 0.3) is 0 Å². The van der Waals surface area contributed by atoms with E-state index < -0.39 is 0 Å². The van der Waals surface area contributed by atoms with E-state index >= 15 is 0 Å². The van der Waals surface area contributed by atoms with E-state index in [9.17, 15) is 9.18 Å². The van der Waals surface area contributed by atoms with E-state index in [0.29, 0.717) is 4.47 Å². The summed E-state index contributed by atoms with van der Waals surface area (Å²) < 4.78 is 19.0. The highest BCUT2D eigenvalue weighted by Crippen LogP contribution is 2.28. The van der Waals surface area contributed by atoms with Gasteiger partial charge in [0, 0.05) is 16.7 Å². The lowest BCUT2D eigenvalue weighted by Gasteiger charge is -2.28. The predicted molar refractivity (Wildman–Crippen MR) is 73.3 cm³/mol. The molecule has 0 aromatic carbocycles. The van der Waals surface area contributed by atoms with Gasteiger partial charge in [0.05, 0.1) is 13.0 Å². The Balaban J connectivity index is 1.90. The van der Waals surface area contributed by atoms with E-state index in [-0.39, 0.29) is 29.6 Å². The van der Waals surface area contributed by atoms with Gasteiger partial charge < -0.3 is 10.1 Å². The molecule has 19 heavy (non-hydrogen) atoms. The number of hydrogen-bond donors (Lipinski definition) is 1. The number of carbonyl (C=O) groups excluding carboxylic acids is 1. The first-order valence-corrected chi connectivity index (χ1v) is 7.05. The highest BCUT2D eigenvalue weighted by atomic mass is 79.9. The van der Waals surface area contributed by atoms with Crippen molar-refractivity contribution < 1.29 is 13.9 Å². The number of methoxy groups -OCH3 is 1. The number of halogens is 2. The second-order valence-corrected chi connectivity index (χ2v) is 5.62. The molecule has 4 nitrogen and oxygen atoms in total. The van der Waals surface area contributed by atoms with Crippen LogP contribution in [0.2, 0.25) is 0 Å². The van der Waals surface area contributed by atoms with E-state index in [1.165, 1.54) is 13.2 Å². The first-order chi connectivity index (χ1) is 9.10. The molecule has 0 amide bonds. The summed E-state index contributed by atoms with van der Waals surface area (Å²) in [4.78, 5) is 15.4. The van der Waals surface area contributed by atoms with Crippen LogP contribution in [0.15, 0.2) is 16.7 Å². The lowest BCUT2D eigenvalue weighted by molar-refractivity contribution is -0.146. The van der Waals surface area contributed by atoms with Gasteiger partial charge in [-0.1, -0.05) is 0 Å². The van der Waals surface area contributed by atoms with Gasteiger partial charge in [-0.2, -0.15) is 0 Å². The Hall–Kier alpha value is -1.17. The topological polar surface area (TPSA) is 51.2 Å². The minimum Gasteiger partial charge on any atom is -0.469 e. The van der Waals surface area contributed by atoms with Crippen LogP contribution >= 0.6 is 15.9 Å². The molecule has 1 aromatic heterocycles. The van der Waals surface area contributed by atoms with Gasteiger partial charge in [0.2, 0.25) is 0 Å². The molecule has 0 atom stereocenters. The molecule has 0 saturated heterocycles. The second kappa shape index (κ2) is 6.32. The number of rotatable bonds is 3. The number of pyridine rings is 1. The zero-order valence-corrected chi connectivity index (χ0v) is 12.2. The summed E-state index contributed by atoms with van der Waals surface area (Å²) in [5.41, 5.74) is 0. The molecular formula is C13H16BrFN2O2. The summed E-state index contributed by atoms with van der Waals surface area (Å²) in [5.74, 6) is -0.272. The maximum absolute atomic E-state index is 13.6. The number of aromatic nitrogens is 1. The fourth-order valence-corrected chi connectivity index (χ4v) is 2.66. The van der Waals surface area contributed by atoms with E-state index in [0.717, 1.165) is 25.7 Å². The Morgan fingerprint density at radius 1 is 1.47 bits per heavy atom. The molecule has 6 heteroatoms. The monoisotopic (exact) mass is 330 g/mol. The third kappa shape index (κ3) is 3.65. The lowest BCUT2D eigenvalue weighted by Crippen LogP contribution is -2.30. The van der Waals surface area contributed by atoms with Crippen LogP contribution in [0, 0.1) is 11.7 Å². The summed E-state index contributed by atoms with van der Waals surface area (Å²) in [6.45, 7) is 0. The molecule has 1 N–H and O–H groups in total. The molecule has 1 heterocycles. The largest absolute Gasteiger partial charge is 0.469 e. The Labute approximate surface area is 119 Å². The summed E-state index contributed by atoms with van der Waals surface area (Å²) in [5, 5.41) is 3.09. The van der Waals surface area contributed by atoms with Crippen molar-refractivity contribution in [2.75, 3.05) is 12.4 Å². The maximum Gasteiger partial charge on any atom is 0.308 e. The van der Waals surface area contributed by atoms with Crippen molar-refractivity contribution in [2.45, 2.75) is 31.7 Å². The molecule has 0 radical (unpaired) electrons. The molecule has 0 bridgehead atoms. The van der Waals surface area contributed by atoms with E-state index in [2.05, 4.69) is 26.2 Å². The van der Waals surface area contributed by atoms with Crippen LogP contribution in [0.3, 0.4) is 0 Å².